The molecule has 2 N–H and O–H groups in total. The fraction of sp³-hybridized carbons (Fsp3) is 0.650. The van der Waals surface area contributed by atoms with Gasteiger partial charge in [0.2, 0.25) is 5.91 Å². The normalized spacial score (nSPS) is 34.9. The Bertz CT molecular complexity index is 601. The molecule has 1 saturated carbocycles. The summed E-state index contributed by atoms with van der Waals surface area (Å²) in [5.41, 5.74) is 6.77. The van der Waals surface area contributed by atoms with Crippen molar-refractivity contribution >= 4 is 5.91 Å². The van der Waals surface area contributed by atoms with Gasteiger partial charge in [-0.2, -0.15) is 0 Å². The lowest BCUT2D eigenvalue weighted by Gasteiger charge is -2.58. The van der Waals surface area contributed by atoms with Crippen LogP contribution in [0, 0.1) is 5.41 Å². The second-order valence-electron chi connectivity index (χ2n) is 7.99. The lowest BCUT2D eigenvalue weighted by Crippen LogP contribution is -2.76. The van der Waals surface area contributed by atoms with Crippen molar-refractivity contribution < 1.29 is 9.53 Å². The van der Waals surface area contributed by atoms with E-state index in [9.17, 15) is 4.79 Å². The summed E-state index contributed by atoms with van der Waals surface area (Å²) < 4.78 is 5.77. The minimum Gasteiger partial charge on any atom is -0.378 e. The second-order valence-corrected chi connectivity index (χ2v) is 7.99. The van der Waals surface area contributed by atoms with Gasteiger partial charge < -0.3 is 15.4 Å². The number of amides is 1. The molecule has 4 nitrogen and oxygen atoms in total. The SMILES string of the molecule is CCOC1CC(N)(C(=O)N2CC(c3ccccc3)CC2C)C1(C)C. The van der Waals surface area contributed by atoms with E-state index in [1.807, 2.05) is 17.9 Å². The third kappa shape index (κ3) is 2.56. The highest BCUT2D eigenvalue weighted by atomic mass is 16.5. The quantitative estimate of drug-likeness (QED) is 0.923. The Labute approximate surface area is 145 Å². The van der Waals surface area contributed by atoms with Gasteiger partial charge in [0, 0.05) is 36.9 Å². The first-order chi connectivity index (χ1) is 11.3. The number of hydrogen-bond donors (Lipinski definition) is 1. The van der Waals surface area contributed by atoms with Crippen LogP contribution in [0.2, 0.25) is 0 Å². The third-order valence-corrected chi connectivity index (χ3v) is 6.32. The van der Waals surface area contributed by atoms with Crippen LogP contribution in [0.15, 0.2) is 30.3 Å². The number of ether oxygens (including phenoxy) is 1. The summed E-state index contributed by atoms with van der Waals surface area (Å²) in [6, 6.07) is 10.7. The highest BCUT2D eigenvalue weighted by Crippen LogP contribution is 2.51. The van der Waals surface area contributed by atoms with Gasteiger partial charge in [0.1, 0.15) is 5.54 Å². The molecular weight excluding hydrogens is 300 g/mol. The Kier molecular flexibility index (Phi) is 4.47. The van der Waals surface area contributed by atoms with Crippen LogP contribution in [0.25, 0.3) is 0 Å². The van der Waals surface area contributed by atoms with Gasteiger partial charge in [-0.05, 0) is 25.8 Å². The Morgan fingerprint density at radius 2 is 2.00 bits per heavy atom. The maximum atomic E-state index is 13.2. The molecule has 2 aliphatic rings. The van der Waals surface area contributed by atoms with Gasteiger partial charge in [0.05, 0.1) is 6.10 Å². The average molecular weight is 330 g/mol. The molecule has 1 aromatic rings. The monoisotopic (exact) mass is 330 g/mol. The van der Waals surface area contributed by atoms with E-state index in [-0.39, 0.29) is 23.5 Å². The number of carbonyl (C=O) groups excluding carboxylic acids is 1. The summed E-state index contributed by atoms with van der Waals surface area (Å²) in [4.78, 5) is 15.2. The van der Waals surface area contributed by atoms with E-state index >= 15 is 0 Å². The van der Waals surface area contributed by atoms with Crippen LogP contribution in [-0.2, 0) is 9.53 Å². The van der Waals surface area contributed by atoms with Crippen molar-refractivity contribution in [1.82, 2.24) is 4.90 Å². The number of rotatable bonds is 4. The maximum Gasteiger partial charge on any atom is 0.243 e. The Morgan fingerprint density at radius 3 is 2.58 bits per heavy atom. The van der Waals surface area contributed by atoms with Crippen LogP contribution >= 0.6 is 0 Å². The first-order valence-corrected chi connectivity index (χ1v) is 9.07. The molecule has 1 aliphatic heterocycles. The topological polar surface area (TPSA) is 55.6 Å². The molecular formula is C20H30N2O2. The molecule has 24 heavy (non-hydrogen) atoms. The minimum atomic E-state index is -0.813. The highest BCUT2D eigenvalue weighted by molar-refractivity contribution is 5.89. The van der Waals surface area contributed by atoms with E-state index in [4.69, 9.17) is 10.5 Å². The molecule has 1 amide bonds. The fourth-order valence-corrected chi connectivity index (χ4v) is 4.34. The van der Waals surface area contributed by atoms with E-state index in [0.717, 1.165) is 13.0 Å². The summed E-state index contributed by atoms with van der Waals surface area (Å²) in [6.07, 6.45) is 1.69. The van der Waals surface area contributed by atoms with Crippen molar-refractivity contribution in [1.29, 1.82) is 0 Å². The number of benzene rings is 1. The largest absolute Gasteiger partial charge is 0.378 e. The molecule has 2 fully saturated rings. The predicted octanol–water partition coefficient (Wildman–Crippen LogP) is 2.92. The lowest BCUT2D eigenvalue weighted by molar-refractivity contribution is -0.179. The maximum absolute atomic E-state index is 13.2. The smallest absolute Gasteiger partial charge is 0.243 e. The molecule has 1 heterocycles. The van der Waals surface area contributed by atoms with Crippen LogP contribution in [0.1, 0.15) is 52.0 Å². The molecule has 4 unspecified atom stereocenters. The summed E-state index contributed by atoms with van der Waals surface area (Å²) >= 11 is 0. The molecule has 1 aromatic carbocycles. The van der Waals surface area contributed by atoms with Crippen LogP contribution < -0.4 is 5.73 Å². The molecule has 0 radical (unpaired) electrons. The number of likely N-dealkylation sites (tertiary alicyclic amines) is 1. The number of carbonyl (C=O) groups is 1. The summed E-state index contributed by atoms with van der Waals surface area (Å²) in [5.74, 6) is 0.494. The van der Waals surface area contributed by atoms with Crippen LogP contribution in [0.4, 0.5) is 0 Å². The predicted molar refractivity (Wildman–Crippen MR) is 95.7 cm³/mol. The van der Waals surface area contributed by atoms with Crippen LogP contribution in [-0.4, -0.2) is 41.6 Å². The first kappa shape index (κ1) is 17.4. The van der Waals surface area contributed by atoms with Crippen LogP contribution in [0.5, 0.6) is 0 Å². The van der Waals surface area contributed by atoms with Gasteiger partial charge in [0.15, 0.2) is 0 Å². The van der Waals surface area contributed by atoms with E-state index in [2.05, 4.69) is 45.0 Å². The Balaban J connectivity index is 1.74. The zero-order chi connectivity index (χ0) is 17.5. The molecule has 4 atom stereocenters. The molecule has 0 aromatic heterocycles. The molecule has 132 valence electrons. The molecule has 0 spiro atoms. The zero-order valence-electron chi connectivity index (χ0n) is 15.3. The first-order valence-electron chi connectivity index (χ1n) is 9.07. The Hall–Kier alpha value is -1.39. The lowest BCUT2D eigenvalue weighted by atomic mass is 9.54. The zero-order valence-corrected chi connectivity index (χ0v) is 15.3. The van der Waals surface area contributed by atoms with Crippen molar-refractivity contribution in [3.63, 3.8) is 0 Å². The number of nitrogens with zero attached hydrogens (tertiary/aromatic N) is 1. The van der Waals surface area contributed by atoms with Crippen molar-refractivity contribution in [2.24, 2.45) is 11.1 Å². The van der Waals surface area contributed by atoms with Gasteiger partial charge in [0.25, 0.3) is 0 Å². The van der Waals surface area contributed by atoms with Gasteiger partial charge in [-0.3, -0.25) is 4.79 Å². The van der Waals surface area contributed by atoms with Crippen molar-refractivity contribution in [2.75, 3.05) is 13.2 Å². The van der Waals surface area contributed by atoms with E-state index in [0.29, 0.717) is 18.9 Å². The summed E-state index contributed by atoms with van der Waals surface area (Å²) in [7, 11) is 0. The Morgan fingerprint density at radius 1 is 1.33 bits per heavy atom. The van der Waals surface area contributed by atoms with Gasteiger partial charge in [-0.25, -0.2) is 0 Å². The average Bonchev–Trinajstić information content (AvgIpc) is 2.96. The van der Waals surface area contributed by atoms with Crippen molar-refractivity contribution in [2.45, 2.75) is 64.1 Å². The van der Waals surface area contributed by atoms with E-state index in [1.54, 1.807) is 0 Å². The molecule has 3 rings (SSSR count). The van der Waals surface area contributed by atoms with Crippen LogP contribution in [0.3, 0.4) is 0 Å². The molecule has 1 aliphatic carbocycles. The van der Waals surface area contributed by atoms with E-state index < -0.39 is 5.54 Å². The fourth-order valence-electron chi connectivity index (χ4n) is 4.34. The third-order valence-electron chi connectivity index (χ3n) is 6.32. The molecule has 0 bridgehead atoms. The van der Waals surface area contributed by atoms with E-state index in [1.165, 1.54) is 5.56 Å². The van der Waals surface area contributed by atoms with Crippen molar-refractivity contribution in [3.05, 3.63) is 35.9 Å². The standard InChI is InChI=1S/C20H30N2O2/c1-5-24-17-12-20(21,19(17,3)4)18(23)22-13-16(11-14(22)2)15-9-7-6-8-10-15/h6-10,14,16-17H,5,11-13,21H2,1-4H3. The second kappa shape index (κ2) is 6.16. The number of hydrogen-bond acceptors (Lipinski definition) is 3. The summed E-state index contributed by atoms with van der Waals surface area (Å²) in [6.45, 7) is 9.67. The minimum absolute atomic E-state index is 0.0688. The molecule has 4 heteroatoms. The van der Waals surface area contributed by atoms with Crippen molar-refractivity contribution in [3.8, 4) is 0 Å². The number of nitrogens with two attached hydrogens (primary N) is 1. The molecule has 1 saturated heterocycles. The van der Waals surface area contributed by atoms with Gasteiger partial charge in [-0.1, -0.05) is 44.2 Å². The summed E-state index contributed by atoms with van der Waals surface area (Å²) in [5, 5.41) is 0. The highest BCUT2D eigenvalue weighted by Gasteiger charge is 2.64. The van der Waals surface area contributed by atoms with Gasteiger partial charge >= 0.3 is 0 Å². The van der Waals surface area contributed by atoms with Gasteiger partial charge in [-0.15, -0.1) is 0 Å².